The zero-order valence-electron chi connectivity index (χ0n) is 11.0. The highest BCUT2D eigenvalue weighted by atomic mass is 16.5. The number of carboxylic acid groups (broad SMARTS) is 1. The number of nitrogens with zero attached hydrogens (tertiary/aromatic N) is 1. The molecule has 5 nitrogen and oxygen atoms in total. The van der Waals surface area contributed by atoms with Crippen LogP contribution in [0.4, 0.5) is 0 Å². The van der Waals surface area contributed by atoms with Crippen LogP contribution in [0.1, 0.15) is 24.0 Å². The predicted octanol–water partition coefficient (Wildman–Crippen LogP) is 1.27. The predicted molar refractivity (Wildman–Crippen MR) is 69.3 cm³/mol. The number of carbonyl (C=O) groups excluding carboxylic acids is 1. The van der Waals surface area contributed by atoms with E-state index in [9.17, 15) is 9.59 Å². The van der Waals surface area contributed by atoms with Gasteiger partial charge in [-0.1, -0.05) is 13.0 Å². The first-order valence-electron chi connectivity index (χ1n) is 6.22. The second-order valence-corrected chi connectivity index (χ2v) is 4.77. The molecule has 1 heterocycles. The first-order valence-corrected chi connectivity index (χ1v) is 6.22. The van der Waals surface area contributed by atoms with Crippen LogP contribution in [0.25, 0.3) is 0 Å². The third-order valence-electron chi connectivity index (χ3n) is 3.50. The number of fused-ring (bicyclic) bond motifs is 1. The van der Waals surface area contributed by atoms with Gasteiger partial charge in [-0.3, -0.25) is 4.79 Å². The number of amides is 1. The lowest BCUT2D eigenvalue weighted by Gasteiger charge is -2.21. The van der Waals surface area contributed by atoms with Crippen molar-refractivity contribution in [3.05, 3.63) is 29.3 Å². The van der Waals surface area contributed by atoms with Crippen LogP contribution in [-0.4, -0.2) is 42.1 Å². The number of ether oxygens (including phenoxy) is 1. The zero-order chi connectivity index (χ0) is 14.0. The van der Waals surface area contributed by atoms with Gasteiger partial charge in [0.2, 0.25) is 0 Å². The highest BCUT2D eigenvalue weighted by Crippen LogP contribution is 2.28. The van der Waals surface area contributed by atoms with E-state index in [1.807, 2.05) is 25.1 Å². The van der Waals surface area contributed by atoms with Crippen molar-refractivity contribution < 1.29 is 19.4 Å². The number of rotatable bonds is 1. The summed E-state index contributed by atoms with van der Waals surface area (Å²) < 4.78 is 5.21. The molecule has 2 rings (SSSR count). The highest BCUT2D eigenvalue weighted by Gasteiger charge is 2.27. The van der Waals surface area contributed by atoms with Gasteiger partial charge in [0, 0.05) is 13.1 Å². The Hall–Kier alpha value is -2.04. The molecule has 1 unspecified atom stereocenters. The van der Waals surface area contributed by atoms with Crippen LogP contribution in [0.2, 0.25) is 0 Å². The van der Waals surface area contributed by atoms with Gasteiger partial charge < -0.3 is 14.7 Å². The van der Waals surface area contributed by atoms with E-state index >= 15 is 0 Å². The van der Waals surface area contributed by atoms with E-state index in [1.54, 1.807) is 7.11 Å². The largest absolute Gasteiger partial charge is 0.497 e. The van der Waals surface area contributed by atoms with Gasteiger partial charge in [-0.15, -0.1) is 0 Å². The number of benzene rings is 1. The van der Waals surface area contributed by atoms with Gasteiger partial charge in [0.25, 0.3) is 0 Å². The summed E-state index contributed by atoms with van der Waals surface area (Å²) in [6, 6.07) is 5.84. The monoisotopic (exact) mass is 263 g/mol. The van der Waals surface area contributed by atoms with E-state index in [1.165, 1.54) is 4.90 Å². The first-order chi connectivity index (χ1) is 9.02. The van der Waals surface area contributed by atoms with Crippen molar-refractivity contribution in [2.75, 3.05) is 20.2 Å². The van der Waals surface area contributed by atoms with Crippen LogP contribution < -0.4 is 4.74 Å². The summed E-state index contributed by atoms with van der Waals surface area (Å²) in [6.45, 7) is 2.85. The van der Waals surface area contributed by atoms with Gasteiger partial charge in [0.15, 0.2) is 0 Å². The molecule has 0 bridgehead atoms. The van der Waals surface area contributed by atoms with Crippen LogP contribution in [0.5, 0.6) is 5.75 Å². The minimum absolute atomic E-state index is 0.0934. The van der Waals surface area contributed by atoms with E-state index in [-0.39, 0.29) is 5.92 Å². The number of hydrogen-bond acceptors (Lipinski definition) is 3. The quantitative estimate of drug-likeness (QED) is 0.775. The van der Waals surface area contributed by atoms with Crippen molar-refractivity contribution in [1.82, 2.24) is 4.90 Å². The Bertz CT molecular complexity index is 512. The van der Waals surface area contributed by atoms with Gasteiger partial charge in [0.1, 0.15) is 5.75 Å². The van der Waals surface area contributed by atoms with E-state index in [0.717, 1.165) is 16.9 Å². The molecule has 1 aliphatic rings. The van der Waals surface area contributed by atoms with Crippen LogP contribution in [0.3, 0.4) is 0 Å². The fourth-order valence-electron chi connectivity index (χ4n) is 2.48. The lowest BCUT2D eigenvalue weighted by atomic mass is 9.95. The third kappa shape index (κ3) is 2.70. The maximum Gasteiger partial charge on any atom is 0.394 e. The van der Waals surface area contributed by atoms with Crippen molar-refractivity contribution in [1.29, 1.82) is 0 Å². The molecule has 1 amide bonds. The molecular formula is C14H17NO4. The third-order valence-corrected chi connectivity index (χ3v) is 3.50. The molecular weight excluding hydrogens is 246 g/mol. The molecule has 0 fully saturated rings. The van der Waals surface area contributed by atoms with Crippen LogP contribution in [-0.2, 0) is 16.0 Å². The number of aliphatic carboxylic acids is 1. The first kappa shape index (κ1) is 13.4. The molecule has 0 aliphatic carbocycles. The molecule has 0 aromatic heterocycles. The normalized spacial score (nSPS) is 18.4. The number of hydrogen-bond donors (Lipinski definition) is 1. The Morgan fingerprint density at radius 1 is 1.42 bits per heavy atom. The minimum Gasteiger partial charge on any atom is -0.497 e. The Kier molecular flexibility index (Phi) is 3.74. The molecule has 0 radical (unpaired) electrons. The van der Waals surface area contributed by atoms with Crippen LogP contribution >= 0.6 is 0 Å². The van der Waals surface area contributed by atoms with Crippen molar-refractivity contribution in [3.8, 4) is 5.75 Å². The maximum absolute atomic E-state index is 11.6. The molecule has 102 valence electrons. The maximum atomic E-state index is 11.6. The van der Waals surface area contributed by atoms with Gasteiger partial charge >= 0.3 is 11.9 Å². The summed E-state index contributed by atoms with van der Waals surface area (Å²) in [5.74, 6) is -1.35. The summed E-state index contributed by atoms with van der Waals surface area (Å²) in [5.41, 5.74) is 2.27. The fraction of sp³-hybridized carbons (Fsp3) is 0.429. The Morgan fingerprint density at radius 2 is 2.16 bits per heavy atom. The zero-order valence-corrected chi connectivity index (χ0v) is 11.0. The lowest BCUT2D eigenvalue weighted by molar-refractivity contribution is -0.155. The Morgan fingerprint density at radius 3 is 2.79 bits per heavy atom. The summed E-state index contributed by atoms with van der Waals surface area (Å²) in [6.07, 6.45) is 0.669. The average molecular weight is 263 g/mol. The lowest BCUT2D eigenvalue weighted by Crippen LogP contribution is -2.38. The summed E-state index contributed by atoms with van der Waals surface area (Å²) >= 11 is 0. The Balaban J connectivity index is 2.27. The van der Waals surface area contributed by atoms with E-state index in [4.69, 9.17) is 9.84 Å². The molecule has 0 saturated heterocycles. The molecule has 19 heavy (non-hydrogen) atoms. The molecule has 1 aromatic carbocycles. The van der Waals surface area contributed by atoms with E-state index < -0.39 is 11.9 Å². The second kappa shape index (κ2) is 5.30. The highest BCUT2D eigenvalue weighted by molar-refractivity contribution is 6.31. The molecule has 0 saturated carbocycles. The standard InChI is InChI=1S/C14H17NO4/c1-9-8-15(13(16)14(17)18)6-5-10-3-4-11(19-2)7-12(9)10/h3-4,7,9H,5-6,8H2,1-2H3,(H,17,18). The van der Waals surface area contributed by atoms with Crippen molar-refractivity contribution in [2.45, 2.75) is 19.3 Å². The smallest absolute Gasteiger partial charge is 0.394 e. The van der Waals surface area contributed by atoms with Gasteiger partial charge in [-0.05, 0) is 35.6 Å². The molecule has 1 aromatic rings. The number of carbonyl (C=O) groups is 2. The molecule has 5 heteroatoms. The molecule has 0 spiro atoms. The van der Waals surface area contributed by atoms with Gasteiger partial charge in [0.05, 0.1) is 7.11 Å². The number of methoxy groups -OCH3 is 1. The molecule has 1 atom stereocenters. The van der Waals surface area contributed by atoms with Crippen molar-refractivity contribution in [2.24, 2.45) is 0 Å². The summed E-state index contributed by atoms with van der Waals surface area (Å²) in [4.78, 5) is 23.8. The Labute approximate surface area is 111 Å². The van der Waals surface area contributed by atoms with Crippen LogP contribution in [0.15, 0.2) is 18.2 Å². The topological polar surface area (TPSA) is 66.8 Å². The van der Waals surface area contributed by atoms with Gasteiger partial charge in [-0.2, -0.15) is 0 Å². The van der Waals surface area contributed by atoms with E-state index in [0.29, 0.717) is 19.5 Å². The molecule has 1 aliphatic heterocycles. The summed E-state index contributed by atoms with van der Waals surface area (Å²) in [7, 11) is 1.61. The summed E-state index contributed by atoms with van der Waals surface area (Å²) in [5, 5.41) is 8.80. The number of carboxylic acids is 1. The van der Waals surface area contributed by atoms with Crippen LogP contribution in [0, 0.1) is 0 Å². The van der Waals surface area contributed by atoms with Gasteiger partial charge in [-0.25, -0.2) is 4.79 Å². The minimum atomic E-state index is -1.39. The fourth-order valence-corrected chi connectivity index (χ4v) is 2.48. The second-order valence-electron chi connectivity index (χ2n) is 4.77. The molecule has 1 N–H and O–H groups in total. The van der Waals surface area contributed by atoms with E-state index in [2.05, 4.69) is 0 Å². The van der Waals surface area contributed by atoms with Crippen molar-refractivity contribution in [3.63, 3.8) is 0 Å². The SMILES string of the molecule is COc1ccc2c(c1)C(C)CN(C(=O)C(=O)O)CC2. The van der Waals surface area contributed by atoms with Crippen molar-refractivity contribution >= 4 is 11.9 Å². The average Bonchev–Trinajstić information content (AvgIpc) is 2.57.